The molecule has 0 saturated carbocycles. The van der Waals surface area contributed by atoms with Crippen molar-refractivity contribution in [2.45, 2.75) is 38.8 Å². The van der Waals surface area contributed by atoms with E-state index in [0.717, 1.165) is 10.8 Å². The van der Waals surface area contributed by atoms with E-state index in [1.807, 2.05) is 26.0 Å². The smallest absolute Gasteiger partial charge is 0.326 e. The topological polar surface area (TPSA) is 99.6 Å². The number of aliphatic carboxylic acids is 1. The fourth-order valence-electron chi connectivity index (χ4n) is 3.43. The summed E-state index contributed by atoms with van der Waals surface area (Å²) in [4.78, 5) is 42.5. The lowest BCUT2D eigenvalue weighted by atomic mass is 10.0. The lowest BCUT2D eigenvalue weighted by molar-refractivity contribution is -0.149. The van der Waals surface area contributed by atoms with E-state index in [2.05, 4.69) is 10.3 Å². The van der Waals surface area contributed by atoms with E-state index in [1.165, 1.54) is 4.90 Å². The Hall–Kier alpha value is -2.96. The zero-order valence-corrected chi connectivity index (χ0v) is 15.4. The second-order valence-corrected chi connectivity index (χ2v) is 7.16. The molecule has 0 spiro atoms. The minimum Gasteiger partial charge on any atom is -0.480 e. The lowest BCUT2D eigenvalue weighted by Gasteiger charge is -2.29. The zero-order valence-electron chi connectivity index (χ0n) is 15.4. The van der Waals surface area contributed by atoms with E-state index in [4.69, 9.17) is 0 Å². The summed E-state index contributed by atoms with van der Waals surface area (Å²) in [5, 5.41) is 13.9. The predicted molar refractivity (Wildman–Crippen MR) is 100 cm³/mol. The predicted octanol–water partition coefficient (Wildman–Crippen LogP) is 2.06. The fourth-order valence-corrected chi connectivity index (χ4v) is 3.43. The van der Waals surface area contributed by atoms with Gasteiger partial charge in [0.15, 0.2) is 0 Å². The number of hydrogen-bond acceptors (Lipinski definition) is 4. The Labute approximate surface area is 157 Å². The highest BCUT2D eigenvalue weighted by Gasteiger charge is 2.38. The van der Waals surface area contributed by atoms with Gasteiger partial charge in [-0.15, -0.1) is 0 Å². The van der Waals surface area contributed by atoms with Crippen molar-refractivity contribution >= 4 is 28.6 Å². The third-order valence-electron chi connectivity index (χ3n) is 4.94. The molecule has 2 heterocycles. The zero-order chi connectivity index (χ0) is 19.6. The van der Waals surface area contributed by atoms with Crippen LogP contribution >= 0.6 is 0 Å². The molecule has 2 aromatic rings. The normalized spacial score (nSPS) is 17.9. The number of carbonyl (C=O) groups is 3. The van der Waals surface area contributed by atoms with Gasteiger partial charge < -0.3 is 15.3 Å². The van der Waals surface area contributed by atoms with Crippen LogP contribution in [0.4, 0.5) is 0 Å². The van der Waals surface area contributed by atoms with Gasteiger partial charge in [-0.1, -0.05) is 19.9 Å². The Balaban J connectivity index is 1.79. The molecule has 142 valence electrons. The second kappa shape index (κ2) is 7.73. The quantitative estimate of drug-likeness (QED) is 0.840. The number of hydrogen-bond donors (Lipinski definition) is 2. The molecule has 2 N–H and O–H groups in total. The molecule has 7 nitrogen and oxygen atoms in total. The number of likely N-dealkylation sites (tertiary alicyclic amines) is 1. The molecule has 1 aromatic carbocycles. The molecule has 3 rings (SSSR count). The largest absolute Gasteiger partial charge is 0.480 e. The van der Waals surface area contributed by atoms with Crippen molar-refractivity contribution in [3.05, 3.63) is 42.2 Å². The maximum atomic E-state index is 12.9. The number of nitrogens with zero attached hydrogens (tertiary/aromatic N) is 2. The van der Waals surface area contributed by atoms with Gasteiger partial charge in [-0.3, -0.25) is 14.6 Å². The molecule has 1 aliphatic heterocycles. The van der Waals surface area contributed by atoms with E-state index < -0.39 is 18.1 Å². The molecule has 1 fully saturated rings. The Morgan fingerprint density at radius 1 is 1.22 bits per heavy atom. The minimum atomic E-state index is -1.00. The molecule has 2 amide bonds. The number of fused-ring (bicyclic) bond motifs is 1. The summed E-state index contributed by atoms with van der Waals surface area (Å²) in [5.74, 6) is -1.88. The van der Waals surface area contributed by atoms with Crippen LogP contribution in [0.1, 0.15) is 37.0 Å². The Morgan fingerprint density at radius 3 is 2.70 bits per heavy atom. The Morgan fingerprint density at radius 2 is 2.00 bits per heavy atom. The Bertz CT molecular complexity index is 880. The van der Waals surface area contributed by atoms with Crippen molar-refractivity contribution in [2.75, 3.05) is 6.54 Å². The van der Waals surface area contributed by atoms with Crippen LogP contribution in [0.2, 0.25) is 0 Å². The first-order valence-electron chi connectivity index (χ1n) is 9.06. The molecule has 2 atom stereocenters. The number of carboxylic acids is 1. The van der Waals surface area contributed by atoms with Crippen LogP contribution in [0, 0.1) is 5.92 Å². The highest BCUT2D eigenvalue weighted by Crippen LogP contribution is 2.21. The fraction of sp³-hybridized carbons (Fsp3) is 0.400. The van der Waals surface area contributed by atoms with Crippen LogP contribution in [0.3, 0.4) is 0 Å². The summed E-state index contributed by atoms with van der Waals surface area (Å²) in [7, 11) is 0. The van der Waals surface area contributed by atoms with Crippen molar-refractivity contribution in [3.63, 3.8) is 0 Å². The van der Waals surface area contributed by atoms with E-state index in [9.17, 15) is 19.5 Å². The SMILES string of the molecule is CC(C)[C@H](NC(=O)c1ccc2ccncc2c1)C(=O)N1CCC[C@H]1C(=O)O. The van der Waals surface area contributed by atoms with Gasteiger partial charge in [-0.2, -0.15) is 0 Å². The summed E-state index contributed by atoms with van der Waals surface area (Å²) < 4.78 is 0. The van der Waals surface area contributed by atoms with Crippen molar-refractivity contribution in [3.8, 4) is 0 Å². The number of rotatable bonds is 5. The molecule has 0 aliphatic carbocycles. The average Bonchev–Trinajstić information content (AvgIpc) is 3.15. The van der Waals surface area contributed by atoms with Crippen LogP contribution in [-0.2, 0) is 9.59 Å². The number of amides is 2. The van der Waals surface area contributed by atoms with Crippen LogP contribution in [0.5, 0.6) is 0 Å². The van der Waals surface area contributed by atoms with Crippen molar-refractivity contribution in [1.29, 1.82) is 0 Å². The molecule has 1 aromatic heterocycles. The summed E-state index contributed by atoms with van der Waals surface area (Å²) in [6, 6.07) is 5.53. The molecule has 27 heavy (non-hydrogen) atoms. The molecule has 0 unspecified atom stereocenters. The van der Waals surface area contributed by atoms with E-state index in [1.54, 1.807) is 24.5 Å². The van der Waals surface area contributed by atoms with Gasteiger partial charge in [0, 0.05) is 29.9 Å². The number of carbonyl (C=O) groups excluding carboxylic acids is 2. The van der Waals surface area contributed by atoms with Gasteiger partial charge in [-0.05, 0) is 42.3 Å². The molecule has 1 saturated heterocycles. The van der Waals surface area contributed by atoms with Gasteiger partial charge in [0.25, 0.3) is 5.91 Å². The maximum Gasteiger partial charge on any atom is 0.326 e. The van der Waals surface area contributed by atoms with Crippen LogP contribution in [0.25, 0.3) is 10.8 Å². The summed E-state index contributed by atoms with van der Waals surface area (Å²) >= 11 is 0. The van der Waals surface area contributed by atoms with Gasteiger partial charge in [0.1, 0.15) is 12.1 Å². The highest BCUT2D eigenvalue weighted by atomic mass is 16.4. The van der Waals surface area contributed by atoms with Crippen molar-refractivity contribution in [2.24, 2.45) is 5.92 Å². The summed E-state index contributed by atoms with van der Waals surface area (Å²) in [6.45, 7) is 4.06. The molecule has 0 bridgehead atoms. The monoisotopic (exact) mass is 369 g/mol. The number of pyridine rings is 1. The van der Waals surface area contributed by atoms with Crippen molar-refractivity contribution < 1.29 is 19.5 Å². The number of carboxylic acid groups (broad SMARTS) is 1. The highest BCUT2D eigenvalue weighted by molar-refractivity contribution is 6.01. The molecular formula is C20H23N3O4. The summed E-state index contributed by atoms with van der Waals surface area (Å²) in [6.07, 6.45) is 4.46. The maximum absolute atomic E-state index is 12.9. The average molecular weight is 369 g/mol. The first-order chi connectivity index (χ1) is 12.9. The van der Waals surface area contributed by atoms with E-state index in [0.29, 0.717) is 24.9 Å². The van der Waals surface area contributed by atoms with Gasteiger partial charge in [0.2, 0.25) is 5.91 Å². The number of aromatic nitrogens is 1. The molecule has 1 aliphatic rings. The van der Waals surface area contributed by atoms with Gasteiger partial charge >= 0.3 is 5.97 Å². The third-order valence-corrected chi connectivity index (χ3v) is 4.94. The number of nitrogens with one attached hydrogen (secondary N) is 1. The summed E-state index contributed by atoms with van der Waals surface area (Å²) in [5.41, 5.74) is 0.435. The first-order valence-corrected chi connectivity index (χ1v) is 9.06. The molecule has 0 radical (unpaired) electrons. The van der Waals surface area contributed by atoms with Crippen LogP contribution < -0.4 is 5.32 Å². The van der Waals surface area contributed by atoms with E-state index >= 15 is 0 Å². The van der Waals surface area contributed by atoms with Gasteiger partial charge in [0.05, 0.1) is 0 Å². The minimum absolute atomic E-state index is 0.168. The van der Waals surface area contributed by atoms with Crippen molar-refractivity contribution in [1.82, 2.24) is 15.2 Å². The molecule has 7 heteroatoms. The van der Waals surface area contributed by atoms with E-state index in [-0.39, 0.29) is 17.7 Å². The number of benzene rings is 1. The Kier molecular flexibility index (Phi) is 5.39. The lowest BCUT2D eigenvalue weighted by Crippen LogP contribution is -2.53. The third kappa shape index (κ3) is 3.92. The van der Waals surface area contributed by atoms with Crippen LogP contribution in [0.15, 0.2) is 36.7 Å². The molecular weight excluding hydrogens is 346 g/mol. The standard InChI is InChI=1S/C20H23N3O4/c1-12(2)17(19(25)23-9-3-4-16(23)20(26)27)22-18(24)14-6-5-13-7-8-21-11-15(13)10-14/h5-8,10-12,16-17H,3-4,9H2,1-2H3,(H,22,24)(H,26,27)/t16-,17-/m0/s1. The first kappa shape index (κ1) is 18.8. The second-order valence-electron chi connectivity index (χ2n) is 7.16. The van der Waals surface area contributed by atoms with Crippen LogP contribution in [-0.4, -0.2) is 51.4 Å². The van der Waals surface area contributed by atoms with Gasteiger partial charge in [-0.25, -0.2) is 4.79 Å².